The standard InChI is InChI=1S/C21H24BrN5O2/c22-16-6-7-18-17(12-16)21(15-4-2-1-3-5-15)27(14-20(28)25-23)19(24-18)13-26-8-10-29-11-9-26/h1-7,12,21H,8-11,13-14,23H2,(H,25,28)/t21-/m1/s1. The number of aliphatic imine (C=N–C) groups is 1. The van der Waals surface area contributed by atoms with E-state index in [-0.39, 0.29) is 18.5 Å². The van der Waals surface area contributed by atoms with Gasteiger partial charge in [-0.15, -0.1) is 0 Å². The molecule has 0 spiro atoms. The lowest BCUT2D eigenvalue weighted by atomic mass is 9.93. The number of nitrogens with one attached hydrogen (secondary N) is 1. The highest BCUT2D eigenvalue weighted by atomic mass is 79.9. The molecule has 4 rings (SSSR count). The number of hydrogen-bond donors (Lipinski definition) is 2. The fourth-order valence-corrected chi connectivity index (χ4v) is 4.21. The van der Waals surface area contributed by atoms with Crippen LogP contribution in [-0.2, 0) is 9.53 Å². The molecule has 0 bridgehead atoms. The first-order chi connectivity index (χ1) is 14.2. The summed E-state index contributed by atoms with van der Waals surface area (Å²) in [5.74, 6) is 6.03. The molecule has 1 atom stereocenters. The van der Waals surface area contributed by atoms with Crippen molar-refractivity contribution in [2.24, 2.45) is 10.8 Å². The van der Waals surface area contributed by atoms with Crippen molar-refractivity contribution in [1.29, 1.82) is 0 Å². The Morgan fingerprint density at radius 2 is 1.97 bits per heavy atom. The summed E-state index contributed by atoms with van der Waals surface area (Å²) in [4.78, 5) is 21.6. The van der Waals surface area contributed by atoms with Gasteiger partial charge in [0.05, 0.1) is 31.5 Å². The van der Waals surface area contributed by atoms with E-state index in [0.29, 0.717) is 19.8 Å². The first-order valence-electron chi connectivity index (χ1n) is 9.64. The maximum absolute atomic E-state index is 12.3. The molecule has 8 heteroatoms. The molecule has 0 radical (unpaired) electrons. The van der Waals surface area contributed by atoms with Crippen LogP contribution < -0.4 is 11.3 Å². The second kappa shape index (κ2) is 9.04. The lowest BCUT2D eigenvalue weighted by Gasteiger charge is -2.40. The SMILES string of the molecule is NNC(=O)CN1C(CN2CCOCC2)=Nc2ccc(Br)cc2[C@H]1c1ccccc1. The van der Waals surface area contributed by atoms with Crippen molar-refractivity contribution in [1.82, 2.24) is 15.2 Å². The van der Waals surface area contributed by atoms with E-state index in [1.807, 2.05) is 30.3 Å². The van der Waals surface area contributed by atoms with Crippen LogP contribution in [0, 0.1) is 0 Å². The Balaban J connectivity index is 1.78. The van der Waals surface area contributed by atoms with E-state index in [1.165, 1.54) is 0 Å². The van der Waals surface area contributed by atoms with Gasteiger partial charge in [-0.2, -0.15) is 0 Å². The number of nitrogens with two attached hydrogens (primary N) is 1. The summed E-state index contributed by atoms with van der Waals surface area (Å²) in [6.07, 6.45) is 0. The monoisotopic (exact) mass is 457 g/mol. The van der Waals surface area contributed by atoms with E-state index in [2.05, 4.69) is 49.4 Å². The predicted octanol–water partition coefficient (Wildman–Crippen LogP) is 2.21. The fraction of sp³-hybridized carbons (Fsp3) is 0.333. The Hall–Kier alpha value is -2.26. The van der Waals surface area contributed by atoms with Crippen LogP contribution in [0.15, 0.2) is 58.0 Å². The molecular formula is C21H24BrN5O2. The molecule has 0 aliphatic carbocycles. The quantitative estimate of drug-likeness (QED) is 0.408. The Bertz CT molecular complexity index is 899. The Kier molecular flexibility index (Phi) is 6.25. The number of amidine groups is 1. The fourth-order valence-electron chi connectivity index (χ4n) is 3.83. The van der Waals surface area contributed by atoms with E-state index < -0.39 is 0 Å². The Labute approximate surface area is 178 Å². The Morgan fingerprint density at radius 1 is 1.21 bits per heavy atom. The molecule has 0 aromatic heterocycles. The molecule has 7 nitrogen and oxygen atoms in total. The lowest BCUT2D eigenvalue weighted by Crippen LogP contribution is -2.50. The van der Waals surface area contributed by atoms with Crippen LogP contribution in [0.2, 0.25) is 0 Å². The summed E-state index contributed by atoms with van der Waals surface area (Å²) in [5, 5.41) is 0. The molecule has 2 aromatic carbocycles. The zero-order chi connectivity index (χ0) is 20.2. The predicted molar refractivity (Wildman–Crippen MR) is 116 cm³/mol. The van der Waals surface area contributed by atoms with Crippen molar-refractivity contribution in [2.45, 2.75) is 6.04 Å². The third kappa shape index (κ3) is 4.51. The van der Waals surface area contributed by atoms with E-state index in [4.69, 9.17) is 15.6 Å². The number of hydrogen-bond acceptors (Lipinski definition) is 6. The Morgan fingerprint density at radius 3 is 2.69 bits per heavy atom. The summed E-state index contributed by atoms with van der Waals surface area (Å²) < 4.78 is 6.46. The average molecular weight is 458 g/mol. The van der Waals surface area contributed by atoms with Gasteiger partial charge in [-0.1, -0.05) is 46.3 Å². The van der Waals surface area contributed by atoms with Crippen molar-refractivity contribution >= 4 is 33.4 Å². The summed E-state index contributed by atoms with van der Waals surface area (Å²) >= 11 is 3.58. The van der Waals surface area contributed by atoms with Crippen LogP contribution in [0.5, 0.6) is 0 Å². The van der Waals surface area contributed by atoms with Gasteiger partial charge in [0, 0.05) is 23.1 Å². The molecule has 3 N–H and O–H groups in total. The maximum Gasteiger partial charge on any atom is 0.253 e. The molecule has 1 amide bonds. The average Bonchev–Trinajstić information content (AvgIpc) is 2.75. The van der Waals surface area contributed by atoms with E-state index in [9.17, 15) is 4.79 Å². The minimum Gasteiger partial charge on any atom is -0.379 e. The van der Waals surface area contributed by atoms with Gasteiger partial charge >= 0.3 is 0 Å². The highest BCUT2D eigenvalue weighted by molar-refractivity contribution is 9.10. The van der Waals surface area contributed by atoms with Crippen molar-refractivity contribution in [3.05, 3.63) is 64.1 Å². The minimum absolute atomic E-state index is 0.130. The zero-order valence-corrected chi connectivity index (χ0v) is 17.6. The van der Waals surface area contributed by atoms with Crippen LogP contribution in [-0.4, -0.2) is 60.9 Å². The third-order valence-electron chi connectivity index (χ3n) is 5.24. The second-order valence-corrected chi connectivity index (χ2v) is 8.04. The molecule has 2 aliphatic heterocycles. The summed E-state index contributed by atoms with van der Waals surface area (Å²) in [6.45, 7) is 3.90. The highest BCUT2D eigenvalue weighted by Crippen LogP contribution is 2.40. The number of carbonyl (C=O) groups is 1. The van der Waals surface area contributed by atoms with Gasteiger partial charge in [0.1, 0.15) is 12.4 Å². The molecule has 2 aromatic rings. The van der Waals surface area contributed by atoms with E-state index in [0.717, 1.165) is 40.2 Å². The molecule has 1 fully saturated rings. The molecule has 2 heterocycles. The van der Waals surface area contributed by atoms with Crippen LogP contribution in [0.4, 0.5) is 5.69 Å². The van der Waals surface area contributed by atoms with Crippen LogP contribution in [0.1, 0.15) is 17.2 Å². The first-order valence-corrected chi connectivity index (χ1v) is 10.4. The third-order valence-corrected chi connectivity index (χ3v) is 5.73. The van der Waals surface area contributed by atoms with Gasteiger partial charge in [0.2, 0.25) is 0 Å². The van der Waals surface area contributed by atoms with Crippen molar-refractivity contribution in [3.63, 3.8) is 0 Å². The summed E-state index contributed by atoms with van der Waals surface area (Å²) in [6, 6.07) is 16.2. The van der Waals surface area contributed by atoms with E-state index in [1.54, 1.807) is 0 Å². The number of halogens is 1. The van der Waals surface area contributed by atoms with Crippen molar-refractivity contribution in [3.8, 4) is 0 Å². The number of nitrogens with zero attached hydrogens (tertiary/aromatic N) is 3. The molecule has 152 valence electrons. The van der Waals surface area contributed by atoms with Gasteiger partial charge in [-0.25, -0.2) is 10.8 Å². The topological polar surface area (TPSA) is 83.2 Å². The number of benzene rings is 2. The van der Waals surface area contributed by atoms with Gasteiger partial charge in [0.25, 0.3) is 5.91 Å². The lowest BCUT2D eigenvalue weighted by molar-refractivity contribution is -0.121. The van der Waals surface area contributed by atoms with Gasteiger partial charge in [0.15, 0.2) is 0 Å². The van der Waals surface area contributed by atoms with Crippen LogP contribution >= 0.6 is 15.9 Å². The number of hydrazine groups is 1. The highest BCUT2D eigenvalue weighted by Gasteiger charge is 2.33. The number of morpholine rings is 1. The van der Waals surface area contributed by atoms with E-state index >= 15 is 0 Å². The van der Waals surface area contributed by atoms with Gasteiger partial charge < -0.3 is 9.64 Å². The zero-order valence-electron chi connectivity index (χ0n) is 16.1. The van der Waals surface area contributed by atoms with Crippen molar-refractivity contribution < 1.29 is 9.53 Å². The number of rotatable bonds is 5. The summed E-state index contributed by atoms with van der Waals surface area (Å²) in [7, 11) is 0. The van der Waals surface area contributed by atoms with Gasteiger partial charge in [-0.05, 0) is 23.8 Å². The first kappa shape index (κ1) is 20.0. The molecule has 29 heavy (non-hydrogen) atoms. The number of fused-ring (bicyclic) bond motifs is 1. The normalized spacial score (nSPS) is 19.4. The maximum atomic E-state index is 12.3. The molecule has 0 saturated carbocycles. The van der Waals surface area contributed by atoms with Crippen LogP contribution in [0.25, 0.3) is 0 Å². The largest absolute Gasteiger partial charge is 0.379 e. The number of amides is 1. The van der Waals surface area contributed by atoms with Gasteiger partial charge in [-0.3, -0.25) is 15.1 Å². The molecule has 0 unspecified atom stereocenters. The number of carbonyl (C=O) groups excluding carboxylic acids is 1. The molecule has 2 aliphatic rings. The summed E-state index contributed by atoms with van der Waals surface area (Å²) in [5.41, 5.74) is 5.35. The van der Waals surface area contributed by atoms with Crippen LogP contribution in [0.3, 0.4) is 0 Å². The molecule has 1 saturated heterocycles. The number of ether oxygens (including phenoxy) is 1. The smallest absolute Gasteiger partial charge is 0.253 e. The second-order valence-electron chi connectivity index (χ2n) is 7.13. The van der Waals surface area contributed by atoms with Crippen molar-refractivity contribution in [2.75, 3.05) is 39.4 Å². The minimum atomic E-state index is -0.251. The molecular weight excluding hydrogens is 434 g/mol.